The lowest BCUT2D eigenvalue weighted by Gasteiger charge is -2.24. The SMILES string of the molecule is CCS(=O)(=O)Oc1cc(CN(CC(C)C)S(=O)(=O)c2ccc(Cl)cc2)ccc1OC. The molecule has 0 saturated carbocycles. The van der Waals surface area contributed by atoms with Gasteiger partial charge in [-0.1, -0.05) is 31.5 Å². The molecule has 0 heterocycles. The molecule has 0 fully saturated rings. The van der Waals surface area contributed by atoms with Gasteiger partial charge in [-0.2, -0.15) is 12.7 Å². The number of hydrogen-bond acceptors (Lipinski definition) is 6. The van der Waals surface area contributed by atoms with E-state index in [1.807, 2.05) is 13.8 Å². The number of rotatable bonds is 10. The molecule has 0 aliphatic heterocycles. The average Bonchev–Trinajstić information content (AvgIpc) is 2.67. The molecule has 2 rings (SSSR count). The Hall–Kier alpha value is -1.81. The maximum atomic E-state index is 13.2. The second-order valence-corrected chi connectivity index (χ2v) is 11.3. The Morgan fingerprint density at radius 1 is 1.00 bits per heavy atom. The van der Waals surface area contributed by atoms with Crippen LogP contribution in [-0.4, -0.2) is 40.5 Å². The molecule has 0 atom stereocenters. The molecule has 0 radical (unpaired) electrons. The van der Waals surface area contributed by atoms with Gasteiger partial charge in [-0.05, 0) is 54.8 Å². The quantitative estimate of drug-likeness (QED) is 0.484. The highest BCUT2D eigenvalue weighted by Crippen LogP contribution is 2.31. The molecule has 2 aromatic rings. The van der Waals surface area contributed by atoms with Crippen molar-refractivity contribution in [3.63, 3.8) is 0 Å². The number of benzene rings is 2. The highest BCUT2D eigenvalue weighted by atomic mass is 35.5. The summed E-state index contributed by atoms with van der Waals surface area (Å²) >= 11 is 5.88. The van der Waals surface area contributed by atoms with Gasteiger partial charge < -0.3 is 8.92 Å². The summed E-state index contributed by atoms with van der Waals surface area (Å²) in [6.45, 7) is 5.62. The number of sulfonamides is 1. The van der Waals surface area contributed by atoms with Crippen LogP contribution >= 0.6 is 11.6 Å². The Balaban J connectivity index is 2.42. The van der Waals surface area contributed by atoms with Gasteiger partial charge in [0.05, 0.1) is 17.8 Å². The average molecular weight is 476 g/mol. The summed E-state index contributed by atoms with van der Waals surface area (Å²) in [6, 6.07) is 10.7. The zero-order chi connectivity index (χ0) is 22.5. The van der Waals surface area contributed by atoms with Gasteiger partial charge >= 0.3 is 10.1 Å². The molecule has 0 aliphatic carbocycles. The van der Waals surface area contributed by atoms with Crippen LogP contribution in [0.4, 0.5) is 0 Å². The summed E-state index contributed by atoms with van der Waals surface area (Å²) in [5.41, 5.74) is 0.565. The van der Waals surface area contributed by atoms with Gasteiger partial charge in [0.15, 0.2) is 11.5 Å². The lowest BCUT2D eigenvalue weighted by molar-refractivity contribution is 0.360. The highest BCUT2D eigenvalue weighted by Gasteiger charge is 2.26. The van der Waals surface area contributed by atoms with Crippen LogP contribution in [0, 0.1) is 5.92 Å². The monoisotopic (exact) mass is 475 g/mol. The van der Waals surface area contributed by atoms with Crippen molar-refractivity contribution in [3.8, 4) is 11.5 Å². The van der Waals surface area contributed by atoms with Crippen molar-refractivity contribution in [2.45, 2.75) is 32.2 Å². The van der Waals surface area contributed by atoms with E-state index < -0.39 is 20.1 Å². The Morgan fingerprint density at radius 2 is 1.63 bits per heavy atom. The Labute approximate surface area is 183 Å². The molecular weight excluding hydrogens is 450 g/mol. The third-order valence-corrected chi connectivity index (χ3v) is 7.40. The molecule has 0 saturated heterocycles. The standard InChI is InChI=1S/C20H26ClNO6S2/c1-5-29(23,24)28-20-12-16(6-11-19(20)27-4)14-22(13-15(2)3)30(25,26)18-9-7-17(21)8-10-18/h6-12,15H,5,13-14H2,1-4H3. The molecule has 0 aliphatic rings. The molecule has 0 N–H and O–H groups in total. The predicted octanol–water partition coefficient (Wildman–Crippen LogP) is 3.92. The van der Waals surface area contributed by atoms with Gasteiger partial charge in [0.25, 0.3) is 0 Å². The van der Waals surface area contributed by atoms with Gasteiger partial charge in [0.1, 0.15) is 0 Å². The minimum absolute atomic E-state index is 0.0187. The Kier molecular flexibility index (Phi) is 8.15. The molecule has 0 unspecified atom stereocenters. The summed E-state index contributed by atoms with van der Waals surface area (Å²) < 4.78 is 61.8. The molecule has 0 aromatic heterocycles. The summed E-state index contributed by atoms with van der Waals surface area (Å²) in [4.78, 5) is 0.131. The van der Waals surface area contributed by atoms with Crippen LogP contribution in [0.15, 0.2) is 47.4 Å². The number of methoxy groups -OCH3 is 1. The molecule has 0 spiro atoms. The van der Waals surface area contributed by atoms with Crippen LogP contribution in [0.25, 0.3) is 0 Å². The third kappa shape index (κ3) is 6.34. The molecule has 2 aromatic carbocycles. The van der Waals surface area contributed by atoms with E-state index in [1.54, 1.807) is 12.1 Å². The van der Waals surface area contributed by atoms with E-state index in [2.05, 4.69) is 0 Å². The number of ether oxygens (including phenoxy) is 1. The fraction of sp³-hybridized carbons (Fsp3) is 0.400. The first-order valence-electron chi connectivity index (χ1n) is 9.33. The summed E-state index contributed by atoms with van der Waals surface area (Å²) in [5, 5.41) is 0.443. The normalized spacial score (nSPS) is 12.4. The maximum absolute atomic E-state index is 13.2. The fourth-order valence-corrected chi connectivity index (χ4v) is 4.93. The van der Waals surface area contributed by atoms with Crippen LogP contribution in [0.2, 0.25) is 5.02 Å². The predicted molar refractivity (Wildman–Crippen MR) is 117 cm³/mol. The molecular formula is C20H26ClNO6S2. The second-order valence-electron chi connectivity index (χ2n) is 7.06. The molecule has 7 nitrogen and oxygen atoms in total. The van der Waals surface area contributed by atoms with E-state index >= 15 is 0 Å². The van der Waals surface area contributed by atoms with E-state index in [0.29, 0.717) is 10.6 Å². The molecule has 0 amide bonds. The highest BCUT2D eigenvalue weighted by molar-refractivity contribution is 7.89. The Bertz CT molecular complexity index is 1070. The third-order valence-electron chi connectivity index (χ3n) is 4.18. The lowest BCUT2D eigenvalue weighted by atomic mass is 10.2. The zero-order valence-electron chi connectivity index (χ0n) is 17.3. The smallest absolute Gasteiger partial charge is 0.309 e. The molecule has 30 heavy (non-hydrogen) atoms. The van der Waals surface area contributed by atoms with Crippen molar-refractivity contribution in [2.75, 3.05) is 19.4 Å². The zero-order valence-corrected chi connectivity index (χ0v) is 19.7. The van der Waals surface area contributed by atoms with E-state index in [0.717, 1.165) is 0 Å². The first kappa shape index (κ1) is 24.5. The van der Waals surface area contributed by atoms with E-state index in [-0.39, 0.29) is 41.2 Å². The Morgan fingerprint density at radius 3 is 2.17 bits per heavy atom. The molecule has 166 valence electrons. The topological polar surface area (TPSA) is 90.0 Å². The lowest BCUT2D eigenvalue weighted by Crippen LogP contribution is -2.33. The van der Waals surface area contributed by atoms with Crippen molar-refractivity contribution in [3.05, 3.63) is 53.1 Å². The molecule has 10 heteroatoms. The van der Waals surface area contributed by atoms with E-state index in [1.165, 1.54) is 48.7 Å². The minimum atomic E-state index is -3.80. The van der Waals surface area contributed by atoms with Crippen LogP contribution in [-0.2, 0) is 26.7 Å². The van der Waals surface area contributed by atoms with Crippen molar-refractivity contribution >= 4 is 31.7 Å². The van der Waals surface area contributed by atoms with Crippen molar-refractivity contribution in [1.82, 2.24) is 4.31 Å². The van der Waals surface area contributed by atoms with Gasteiger partial charge in [-0.15, -0.1) is 0 Å². The number of nitrogens with zero attached hydrogens (tertiary/aromatic N) is 1. The summed E-state index contributed by atoms with van der Waals surface area (Å²) in [7, 11) is -6.16. The van der Waals surface area contributed by atoms with Crippen LogP contribution in [0.3, 0.4) is 0 Å². The number of hydrogen-bond donors (Lipinski definition) is 0. The van der Waals surface area contributed by atoms with E-state index in [9.17, 15) is 16.8 Å². The summed E-state index contributed by atoms with van der Waals surface area (Å²) in [6.07, 6.45) is 0. The van der Waals surface area contributed by atoms with Crippen molar-refractivity contribution in [2.24, 2.45) is 5.92 Å². The largest absolute Gasteiger partial charge is 0.493 e. The van der Waals surface area contributed by atoms with Gasteiger partial charge in [-0.25, -0.2) is 8.42 Å². The number of halogens is 1. The second kappa shape index (κ2) is 10.00. The van der Waals surface area contributed by atoms with E-state index in [4.69, 9.17) is 20.5 Å². The van der Waals surface area contributed by atoms with Gasteiger partial charge in [0, 0.05) is 18.1 Å². The van der Waals surface area contributed by atoms with Crippen molar-refractivity contribution in [1.29, 1.82) is 0 Å². The van der Waals surface area contributed by atoms with Crippen LogP contribution in [0.1, 0.15) is 26.3 Å². The van der Waals surface area contributed by atoms with Crippen LogP contribution < -0.4 is 8.92 Å². The summed E-state index contributed by atoms with van der Waals surface area (Å²) in [5.74, 6) is 0.128. The van der Waals surface area contributed by atoms with Gasteiger partial charge in [0.2, 0.25) is 10.0 Å². The van der Waals surface area contributed by atoms with Crippen molar-refractivity contribution < 1.29 is 25.8 Å². The first-order valence-corrected chi connectivity index (χ1v) is 12.7. The van der Waals surface area contributed by atoms with Crippen LogP contribution in [0.5, 0.6) is 11.5 Å². The molecule has 0 bridgehead atoms. The minimum Gasteiger partial charge on any atom is -0.493 e. The van der Waals surface area contributed by atoms with Gasteiger partial charge in [-0.3, -0.25) is 0 Å². The fourth-order valence-electron chi connectivity index (χ4n) is 2.69. The first-order chi connectivity index (χ1) is 14.0. The maximum Gasteiger partial charge on any atom is 0.309 e.